The lowest BCUT2D eigenvalue weighted by Crippen LogP contribution is -2.27. The molecule has 0 radical (unpaired) electrons. The van der Waals surface area contributed by atoms with Gasteiger partial charge in [-0.25, -0.2) is 0 Å². The zero-order valence-corrected chi connectivity index (χ0v) is 17.2. The minimum absolute atomic E-state index is 0.0379. The van der Waals surface area contributed by atoms with Crippen molar-refractivity contribution in [2.24, 2.45) is 0 Å². The molecule has 0 atom stereocenters. The number of thioether (sulfide) groups is 2. The van der Waals surface area contributed by atoms with Gasteiger partial charge in [0.25, 0.3) is 5.91 Å². The van der Waals surface area contributed by atoms with Gasteiger partial charge in [-0.15, -0.1) is 0 Å². The molecule has 27 heavy (non-hydrogen) atoms. The number of carbonyl (C=O) groups is 1. The number of thiocarbonyl (C=S) groups is 1. The van der Waals surface area contributed by atoms with Gasteiger partial charge in [-0.05, 0) is 30.5 Å². The van der Waals surface area contributed by atoms with Crippen LogP contribution < -0.4 is 4.90 Å². The van der Waals surface area contributed by atoms with E-state index in [1.54, 1.807) is 16.7 Å². The molecule has 2 heterocycles. The predicted octanol–water partition coefficient (Wildman–Crippen LogP) is 4.35. The Morgan fingerprint density at radius 2 is 1.93 bits per heavy atom. The summed E-state index contributed by atoms with van der Waals surface area (Å²) in [5.74, 6) is -0.0379. The molecule has 0 aromatic heterocycles. The number of carbonyl (C=O) groups excluding carboxylic acids is 1. The molecule has 0 spiro atoms. The first-order valence-corrected chi connectivity index (χ1v) is 10.7. The molecule has 4 rings (SSSR count). The number of aliphatic hydroxyl groups is 1. The summed E-state index contributed by atoms with van der Waals surface area (Å²) in [7, 11) is 0. The highest BCUT2D eigenvalue weighted by molar-refractivity contribution is 8.26. The first-order chi connectivity index (χ1) is 13.1. The van der Waals surface area contributed by atoms with Crippen LogP contribution in [-0.4, -0.2) is 39.9 Å². The molecule has 0 saturated carbocycles. The molecule has 1 saturated heterocycles. The Hall–Kier alpha value is -1.80. The average molecular weight is 415 g/mol. The molecule has 2 aliphatic rings. The highest BCUT2D eigenvalue weighted by atomic mass is 32.2. The fourth-order valence-corrected chi connectivity index (χ4v) is 5.69. The number of likely N-dealkylation sites (N-methyl/N-ethyl adjacent to an activating group) is 1. The quantitative estimate of drug-likeness (QED) is 0.593. The van der Waals surface area contributed by atoms with Crippen molar-refractivity contribution in [2.75, 3.05) is 24.6 Å². The minimum Gasteiger partial charge on any atom is -0.395 e. The number of rotatable bonds is 4. The summed E-state index contributed by atoms with van der Waals surface area (Å²) in [5.41, 5.74) is 1.12. The maximum atomic E-state index is 12.4. The Morgan fingerprint density at radius 3 is 2.67 bits per heavy atom. The summed E-state index contributed by atoms with van der Waals surface area (Å²) in [5, 5.41) is 12.9. The Morgan fingerprint density at radius 1 is 1.11 bits per heavy atom. The van der Waals surface area contributed by atoms with Crippen molar-refractivity contribution in [2.45, 2.75) is 11.8 Å². The van der Waals surface area contributed by atoms with Gasteiger partial charge < -0.3 is 10.0 Å². The van der Waals surface area contributed by atoms with E-state index in [0.717, 1.165) is 21.0 Å². The maximum Gasteiger partial charge on any atom is 0.266 e. The molecule has 2 aromatic carbocycles. The van der Waals surface area contributed by atoms with Crippen LogP contribution in [0.4, 0.5) is 5.69 Å². The van der Waals surface area contributed by atoms with E-state index in [2.05, 4.69) is 29.2 Å². The summed E-state index contributed by atoms with van der Waals surface area (Å²) in [4.78, 5) is 17.9. The highest BCUT2D eigenvalue weighted by Gasteiger charge is 2.31. The van der Waals surface area contributed by atoms with Crippen molar-refractivity contribution in [1.82, 2.24) is 4.90 Å². The molecule has 0 bridgehead atoms. The standard InChI is InChI=1S/C20H18N2O2S3/c1-2-21-19(24)16(27-20(21)25)9-10-17-22(11-12-23)18-14-6-4-3-5-13(14)7-8-15(18)26-17/h3-10,23H,2,11-12H2,1H3/b16-9+,17-10+. The SMILES string of the molecule is CCN1C(=O)/C(=C\C=C2\Sc3ccc4ccccc4c3N2CCO)SC1=S. The topological polar surface area (TPSA) is 43.8 Å². The zero-order valence-electron chi connectivity index (χ0n) is 14.7. The van der Waals surface area contributed by atoms with Crippen LogP contribution in [-0.2, 0) is 4.79 Å². The fraction of sp³-hybridized carbons (Fsp3) is 0.200. The van der Waals surface area contributed by atoms with Gasteiger partial charge in [0.1, 0.15) is 4.32 Å². The van der Waals surface area contributed by atoms with Crippen LogP contribution in [0.15, 0.2) is 63.4 Å². The van der Waals surface area contributed by atoms with Crippen LogP contribution in [0.3, 0.4) is 0 Å². The average Bonchev–Trinajstić information content (AvgIpc) is 3.17. The van der Waals surface area contributed by atoms with E-state index in [0.29, 0.717) is 22.3 Å². The second-order valence-corrected chi connectivity index (χ2v) is 8.80. The van der Waals surface area contributed by atoms with Gasteiger partial charge in [0.05, 0.1) is 22.2 Å². The number of hydrogen-bond donors (Lipinski definition) is 1. The summed E-state index contributed by atoms with van der Waals surface area (Å²) >= 11 is 8.27. The van der Waals surface area contributed by atoms with Crippen LogP contribution in [0, 0.1) is 0 Å². The molecule has 2 aromatic rings. The van der Waals surface area contributed by atoms with Crippen molar-refractivity contribution < 1.29 is 9.90 Å². The number of benzene rings is 2. The van der Waals surface area contributed by atoms with Crippen LogP contribution in [0.5, 0.6) is 0 Å². The molecule has 1 amide bonds. The third-order valence-electron chi connectivity index (χ3n) is 4.50. The number of nitrogens with zero attached hydrogens (tertiary/aromatic N) is 2. The number of β-amino-alcohol motifs (C(OH)–C–C–N with tert-alkyl or cyclic N) is 1. The van der Waals surface area contributed by atoms with Crippen molar-refractivity contribution in [1.29, 1.82) is 0 Å². The fourth-order valence-electron chi connectivity index (χ4n) is 3.25. The number of allylic oxidation sites excluding steroid dienone is 2. The Bertz CT molecular complexity index is 1000. The van der Waals surface area contributed by atoms with Crippen molar-refractivity contribution in [3.63, 3.8) is 0 Å². The van der Waals surface area contributed by atoms with Crippen LogP contribution >= 0.6 is 35.7 Å². The Labute approximate surface area is 171 Å². The molecule has 1 N–H and O–H groups in total. The van der Waals surface area contributed by atoms with Gasteiger partial charge in [-0.3, -0.25) is 9.69 Å². The lowest BCUT2D eigenvalue weighted by Gasteiger charge is -2.20. The highest BCUT2D eigenvalue weighted by Crippen LogP contribution is 2.49. The van der Waals surface area contributed by atoms with E-state index < -0.39 is 0 Å². The molecule has 0 unspecified atom stereocenters. The second kappa shape index (κ2) is 7.67. The molecule has 4 nitrogen and oxygen atoms in total. The summed E-state index contributed by atoms with van der Waals surface area (Å²) < 4.78 is 0.604. The smallest absolute Gasteiger partial charge is 0.266 e. The Balaban J connectivity index is 1.72. The van der Waals surface area contributed by atoms with Gasteiger partial charge in [0, 0.05) is 23.4 Å². The summed E-state index contributed by atoms with van der Waals surface area (Å²) in [6.07, 6.45) is 3.80. The lowest BCUT2D eigenvalue weighted by atomic mass is 10.1. The molecule has 7 heteroatoms. The third-order valence-corrected chi connectivity index (χ3v) is 7.02. The van der Waals surface area contributed by atoms with Crippen LogP contribution in [0.25, 0.3) is 10.8 Å². The van der Waals surface area contributed by atoms with E-state index in [1.165, 1.54) is 17.1 Å². The van der Waals surface area contributed by atoms with E-state index in [1.807, 2.05) is 31.2 Å². The lowest BCUT2D eigenvalue weighted by molar-refractivity contribution is -0.122. The largest absolute Gasteiger partial charge is 0.395 e. The van der Waals surface area contributed by atoms with Gasteiger partial charge in [0.15, 0.2) is 0 Å². The molecule has 1 fully saturated rings. The van der Waals surface area contributed by atoms with E-state index in [9.17, 15) is 9.90 Å². The number of aliphatic hydroxyl groups excluding tert-OH is 1. The summed E-state index contributed by atoms with van der Waals surface area (Å²) in [6.45, 7) is 3.06. The van der Waals surface area contributed by atoms with Gasteiger partial charge in [0.2, 0.25) is 0 Å². The van der Waals surface area contributed by atoms with Gasteiger partial charge in [-0.2, -0.15) is 0 Å². The maximum absolute atomic E-state index is 12.4. The van der Waals surface area contributed by atoms with Gasteiger partial charge >= 0.3 is 0 Å². The Kier molecular flexibility index (Phi) is 5.27. The van der Waals surface area contributed by atoms with Crippen LogP contribution in [0.2, 0.25) is 0 Å². The third kappa shape index (κ3) is 3.29. The molecular weight excluding hydrogens is 396 g/mol. The first-order valence-electron chi connectivity index (χ1n) is 8.67. The van der Waals surface area contributed by atoms with E-state index >= 15 is 0 Å². The number of hydrogen-bond acceptors (Lipinski definition) is 6. The molecule has 2 aliphatic heterocycles. The van der Waals surface area contributed by atoms with E-state index in [4.69, 9.17) is 12.2 Å². The number of anilines is 1. The summed E-state index contributed by atoms with van der Waals surface area (Å²) in [6, 6.07) is 12.5. The van der Waals surface area contributed by atoms with Crippen molar-refractivity contribution in [3.05, 3.63) is 58.5 Å². The van der Waals surface area contributed by atoms with Crippen LogP contribution in [0.1, 0.15) is 6.92 Å². The molecule has 138 valence electrons. The van der Waals surface area contributed by atoms with Crippen molar-refractivity contribution >= 4 is 62.4 Å². The second-order valence-electron chi connectivity index (χ2n) is 6.06. The number of fused-ring (bicyclic) bond motifs is 3. The first kappa shape index (κ1) is 18.6. The molecular formula is C20H18N2O2S3. The number of amides is 1. The minimum atomic E-state index is -0.0379. The normalized spacial score (nSPS) is 19.8. The van der Waals surface area contributed by atoms with Crippen molar-refractivity contribution in [3.8, 4) is 0 Å². The zero-order chi connectivity index (χ0) is 19.0. The molecule has 0 aliphatic carbocycles. The monoisotopic (exact) mass is 414 g/mol. The predicted molar refractivity (Wildman–Crippen MR) is 118 cm³/mol. The van der Waals surface area contributed by atoms with E-state index in [-0.39, 0.29) is 12.5 Å². The van der Waals surface area contributed by atoms with Gasteiger partial charge in [-0.1, -0.05) is 66.1 Å².